The number of rotatable bonds is 5. The molecular formula is C13H24BrN3O2. The lowest BCUT2D eigenvalue weighted by molar-refractivity contribution is -0.0499. The molecule has 5 nitrogen and oxygen atoms in total. The van der Waals surface area contributed by atoms with E-state index in [2.05, 4.69) is 21.0 Å². The van der Waals surface area contributed by atoms with Crippen LogP contribution in [0.2, 0.25) is 0 Å². The van der Waals surface area contributed by atoms with Gasteiger partial charge >= 0.3 is 0 Å². The fraction of sp³-hybridized carbons (Fsp3) is 0.769. The van der Waals surface area contributed by atoms with Crippen LogP contribution in [0.1, 0.15) is 32.6 Å². The Bertz CT molecular complexity index is 413. The van der Waals surface area contributed by atoms with E-state index < -0.39 is 17.6 Å². The SMILES string of the molecule is CN(C)CCn1ncc(Br)c1C(O)C(O)C(C)(C)C. The van der Waals surface area contributed by atoms with E-state index >= 15 is 0 Å². The third kappa shape index (κ3) is 4.27. The zero-order valence-corrected chi connectivity index (χ0v) is 13.8. The Kier molecular flexibility index (Phi) is 5.55. The molecule has 0 bridgehead atoms. The minimum Gasteiger partial charge on any atom is -0.389 e. The summed E-state index contributed by atoms with van der Waals surface area (Å²) in [5.74, 6) is 0. The van der Waals surface area contributed by atoms with E-state index in [1.807, 2.05) is 39.8 Å². The minimum atomic E-state index is -0.959. The van der Waals surface area contributed by atoms with Gasteiger partial charge in [-0.3, -0.25) is 4.68 Å². The number of aliphatic hydroxyl groups excluding tert-OH is 2. The first-order valence-electron chi connectivity index (χ1n) is 6.36. The zero-order valence-electron chi connectivity index (χ0n) is 12.3. The summed E-state index contributed by atoms with van der Waals surface area (Å²) in [6.07, 6.45) is -0.151. The summed E-state index contributed by atoms with van der Waals surface area (Å²) in [6, 6.07) is 0. The molecule has 0 spiro atoms. The monoisotopic (exact) mass is 333 g/mol. The van der Waals surface area contributed by atoms with E-state index in [0.717, 1.165) is 11.0 Å². The second kappa shape index (κ2) is 6.35. The molecule has 19 heavy (non-hydrogen) atoms. The van der Waals surface area contributed by atoms with Gasteiger partial charge in [-0.1, -0.05) is 20.8 Å². The van der Waals surface area contributed by atoms with Crippen molar-refractivity contribution in [1.82, 2.24) is 14.7 Å². The summed E-state index contributed by atoms with van der Waals surface area (Å²) in [5.41, 5.74) is 0.236. The van der Waals surface area contributed by atoms with Crippen molar-refractivity contribution < 1.29 is 10.2 Å². The summed E-state index contributed by atoms with van der Waals surface area (Å²) in [6.45, 7) is 7.18. The Morgan fingerprint density at radius 3 is 2.42 bits per heavy atom. The lowest BCUT2D eigenvalue weighted by Crippen LogP contribution is -2.34. The van der Waals surface area contributed by atoms with E-state index in [-0.39, 0.29) is 0 Å². The highest BCUT2D eigenvalue weighted by atomic mass is 79.9. The van der Waals surface area contributed by atoms with Crippen LogP contribution < -0.4 is 0 Å². The van der Waals surface area contributed by atoms with Gasteiger partial charge in [0.15, 0.2) is 0 Å². The Hall–Kier alpha value is -0.430. The zero-order chi connectivity index (χ0) is 14.8. The van der Waals surface area contributed by atoms with Crippen LogP contribution in [0.15, 0.2) is 10.7 Å². The van der Waals surface area contributed by atoms with Gasteiger partial charge in [0, 0.05) is 6.54 Å². The first-order chi connectivity index (χ1) is 8.64. The van der Waals surface area contributed by atoms with Gasteiger partial charge in [0.2, 0.25) is 0 Å². The van der Waals surface area contributed by atoms with Crippen molar-refractivity contribution in [1.29, 1.82) is 0 Å². The molecule has 1 rings (SSSR count). The van der Waals surface area contributed by atoms with Crippen LogP contribution in [0, 0.1) is 5.41 Å². The number of halogens is 1. The Labute approximate surface area is 123 Å². The van der Waals surface area contributed by atoms with Gasteiger partial charge in [0.25, 0.3) is 0 Å². The number of aliphatic hydroxyl groups is 2. The summed E-state index contributed by atoms with van der Waals surface area (Å²) in [7, 11) is 3.97. The number of aromatic nitrogens is 2. The van der Waals surface area contributed by atoms with Crippen LogP contribution in [0.3, 0.4) is 0 Å². The number of hydrogen-bond donors (Lipinski definition) is 2. The van der Waals surface area contributed by atoms with Crippen LogP contribution in [0.5, 0.6) is 0 Å². The Morgan fingerprint density at radius 2 is 1.95 bits per heavy atom. The predicted molar refractivity (Wildman–Crippen MR) is 78.9 cm³/mol. The second-order valence-electron chi connectivity index (χ2n) is 6.16. The summed E-state index contributed by atoms with van der Waals surface area (Å²) in [5, 5.41) is 24.9. The molecule has 2 unspecified atom stereocenters. The van der Waals surface area contributed by atoms with Crippen LogP contribution in [-0.2, 0) is 6.54 Å². The van der Waals surface area contributed by atoms with Gasteiger partial charge < -0.3 is 15.1 Å². The van der Waals surface area contributed by atoms with E-state index in [4.69, 9.17) is 0 Å². The number of hydrogen-bond acceptors (Lipinski definition) is 4. The molecule has 2 atom stereocenters. The minimum absolute atomic E-state index is 0.393. The van der Waals surface area contributed by atoms with Crippen molar-refractivity contribution in [3.63, 3.8) is 0 Å². The fourth-order valence-corrected chi connectivity index (χ4v) is 2.29. The summed E-state index contributed by atoms with van der Waals surface area (Å²) < 4.78 is 2.46. The highest BCUT2D eigenvalue weighted by Crippen LogP contribution is 2.33. The molecule has 1 heterocycles. The molecule has 2 N–H and O–H groups in total. The molecule has 0 amide bonds. The molecule has 1 aromatic rings. The third-order valence-corrected chi connectivity index (χ3v) is 3.67. The standard InChI is InChI=1S/C13H24BrN3O2/c1-13(2,3)12(19)11(18)10-9(14)8-15-17(10)7-6-16(4)5/h8,11-12,18-19H,6-7H2,1-5H3. The lowest BCUT2D eigenvalue weighted by Gasteiger charge is -2.30. The van der Waals surface area contributed by atoms with Crippen molar-refractivity contribution in [3.8, 4) is 0 Å². The molecule has 0 aliphatic carbocycles. The average molecular weight is 334 g/mol. The average Bonchev–Trinajstić information content (AvgIpc) is 2.64. The maximum atomic E-state index is 10.4. The summed E-state index contributed by atoms with van der Waals surface area (Å²) in [4.78, 5) is 2.05. The van der Waals surface area contributed by atoms with Gasteiger partial charge in [-0.2, -0.15) is 5.10 Å². The second-order valence-corrected chi connectivity index (χ2v) is 7.01. The third-order valence-electron chi connectivity index (χ3n) is 3.06. The van der Waals surface area contributed by atoms with E-state index in [9.17, 15) is 10.2 Å². The highest BCUT2D eigenvalue weighted by Gasteiger charge is 2.33. The van der Waals surface area contributed by atoms with Gasteiger partial charge in [-0.25, -0.2) is 0 Å². The molecule has 110 valence electrons. The van der Waals surface area contributed by atoms with Crippen molar-refractivity contribution >= 4 is 15.9 Å². The highest BCUT2D eigenvalue weighted by molar-refractivity contribution is 9.10. The number of nitrogens with zero attached hydrogens (tertiary/aromatic N) is 3. The van der Waals surface area contributed by atoms with Gasteiger partial charge in [0.1, 0.15) is 6.10 Å². The predicted octanol–water partition coefficient (Wildman–Crippen LogP) is 1.65. The van der Waals surface area contributed by atoms with Crippen LogP contribution in [-0.4, -0.2) is 51.6 Å². The Balaban J connectivity index is 2.95. The number of likely N-dealkylation sites (N-methyl/N-ethyl adjacent to an activating group) is 1. The maximum absolute atomic E-state index is 10.4. The molecule has 0 aromatic carbocycles. The van der Waals surface area contributed by atoms with Crippen molar-refractivity contribution in [2.45, 2.75) is 39.5 Å². The molecule has 0 aliphatic rings. The van der Waals surface area contributed by atoms with E-state index in [1.165, 1.54) is 0 Å². The normalized spacial score (nSPS) is 15.8. The Morgan fingerprint density at radius 1 is 1.37 bits per heavy atom. The first kappa shape index (κ1) is 16.6. The molecule has 1 aromatic heterocycles. The van der Waals surface area contributed by atoms with Crippen LogP contribution in [0.4, 0.5) is 0 Å². The lowest BCUT2D eigenvalue weighted by atomic mass is 9.85. The molecule has 0 radical (unpaired) electrons. The van der Waals surface area contributed by atoms with E-state index in [0.29, 0.717) is 12.2 Å². The molecule has 0 fully saturated rings. The van der Waals surface area contributed by atoms with E-state index in [1.54, 1.807) is 10.9 Å². The van der Waals surface area contributed by atoms with Gasteiger partial charge in [-0.05, 0) is 35.4 Å². The topological polar surface area (TPSA) is 61.5 Å². The molecule has 6 heteroatoms. The molecular weight excluding hydrogens is 310 g/mol. The first-order valence-corrected chi connectivity index (χ1v) is 7.16. The summed E-state index contributed by atoms with van der Waals surface area (Å²) >= 11 is 3.39. The molecule has 0 aliphatic heterocycles. The quantitative estimate of drug-likeness (QED) is 0.860. The fourth-order valence-electron chi connectivity index (χ4n) is 1.76. The van der Waals surface area contributed by atoms with Gasteiger partial charge in [0.05, 0.1) is 29.0 Å². The van der Waals surface area contributed by atoms with Crippen LogP contribution >= 0.6 is 15.9 Å². The van der Waals surface area contributed by atoms with Crippen LogP contribution in [0.25, 0.3) is 0 Å². The molecule has 0 saturated heterocycles. The smallest absolute Gasteiger partial charge is 0.123 e. The largest absolute Gasteiger partial charge is 0.389 e. The van der Waals surface area contributed by atoms with Gasteiger partial charge in [-0.15, -0.1) is 0 Å². The van der Waals surface area contributed by atoms with Crippen molar-refractivity contribution in [3.05, 3.63) is 16.4 Å². The van der Waals surface area contributed by atoms with Crippen molar-refractivity contribution in [2.24, 2.45) is 5.41 Å². The maximum Gasteiger partial charge on any atom is 0.123 e. The van der Waals surface area contributed by atoms with Crippen molar-refractivity contribution in [2.75, 3.05) is 20.6 Å². The molecule has 0 saturated carbocycles.